The number of hydrogen-bond acceptors (Lipinski definition) is 4. The van der Waals surface area contributed by atoms with E-state index in [1.807, 2.05) is 0 Å². The van der Waals surface area contributed by atoms with Gasteiger partial charge in [-0.1, -0.05) is 30.3 Å². The third-order valence-corrected chi connectivity index (χ3v) is 3.80. The lowest BCUT2D eigenvalue weighted by Gasteiger charge is -2.21. The lowest BCUT2D eigenvalue weighted by molar-refractivity contribution is -0.133. The Balaban J connectivity index is 2.10. The van der Waals surface area contributed by atoms with Gasteiger partial charge in [0.25, 0.3) is 0 Å². The molecule has 27 heavy (non-hydrogen) atoms. The van der Waals surface area contributed by atoms with Crippen LogP contribution in [-0.2, 0) is 20.9 Å². The number of benzene rings is 2. The molecule has 2 amide bonds. The molecule has 2 rings (SSSR count). The average Bonchev–Trinajstić information content (AvgIpc) is 2.63. The van der Waals surface area contributed by atoms with Crippen LogP contribution in [0.4, 0.5) is 10.1 Å². The third-order valence-electron chi connectivity index (χ3n) is 3.80. The number of anilines is 1. The van der Waals surface area contributed by atoms with E-state index in [0.717, 1.165) is 0 Å². The summed E-state index contributed by atoms with van der Waals surface area (Å²) in [6, 6.07) is 12.5. The first-order chi connectivity index (χ1) is 12.9. The van der Waals surface area contributed by atoms with Gasteiger partial charge in [-0.05, 0) is 25.1 Å². The second kappa shape index (κ2) is 9.47. The molecule has 6 nitrogen and oxygen atoms in total. The van der Waals surface area contributed by atoms with Crippen LogP contribution in [0, 0.1) is 5.82 Å². The normalized spacial score (nSPS) is 10.2. The zero-order chi connectivity index (χ0) is 19.8. The van der Waals surface area contributed by atoms with Crippen molar-refractivity contribution < 1.29 is 23.5 Å². The van der Waals surface area contributed by atoms with E-state index in [-0.39, 0.29) is 36.9 Å². The average molecular weight is 372 g/mol. The number of para-hydroxylation sites is 1. The van der Waals surface area contributed by atoms with Crippen molar-refractivity contribution in [3.63, 3.8) is 0 Å². The highest BCUT2D eigenvalue weighted by Gasteiger charge is 2.18. The van der Waals surface area contributed by atoms with Crippen LogP contribution < -0.4 is 5.32 Å². The number of halogens is 1. The van der Waals surface area contributed by atoms with E-state index in [1.165, 1.54) is 24.0 Å². The van der Waals surface area contributed by atoms with Gasteiger partial charge in [-0.25, -0.2) is 9.18 Å². The summed E-state index contributed by atoms with van der Waals surface area (Å²) in [7, 11) is 0. The highest BCUT2D eigenvalue weighted by molar-refractivity contribution is 6.02. The molecule has 0 radical (unpaired) electrons. The van der Waals surface area contributed by atoms with Crippen LogP contribution in [0.1, 0.15) is 29.8 Å². The van der Waals surface area contributed by atoms with E-state index < -0.39 is 17.7 Å². The molecule has 0 heterocycles. The molecule has 2 aromatic carbocycles. The Hall–Kier alpha value is -3.22. The molecule has 2 aromatic rings. The monoisotopic (exact) mass is 372 g/mol. The van der Waals surface area contributed by atoms with Crippen molar-refractivity contribution in [3.05, 3.63) is 65.5 Å². The van der Waals surface area contributed by atoms with Crippen molar-refractivity contribution in [2.75, 3.05) is 18.5 Å². The number of nitrogens with zero attached hydrogens (tertiary/aromatic N) is 1. The number of nitrogens with one attached hydrogen (secondary N) is 1. The van der Waals surface area contributed by atoms with Crippen molar-refractivity contribution in [2.45, 2.75) is 20.4 Å². The Morgan fingerprint density at radius 2 is 1.74 bits per heavy atom. The molecule has 0 aliphatic carbocycles. The Morgan fingerprint density at radius 3 is 2.41 bits per heavy atom. The molecule has 0 saturated heterocycles. The van der Waals surface area contributed by atoms with Crippen molar-refractivity contribution in [1.29, 1.82) is 0 Å². The second-order valence-corrected chi connectivity index (χ2v) is 5.78. The number of carbonyl (C=O) groups excluding carboxylic acids is 3. The quantitative estimate of drug-likeness (QED) is 0.758. The predicted octanol–water partition coefficient (Wildman–Crippen LogP) is 2.99. The van der Waals surface area contributed by atoms with Crippen molar-refractivity contribution in [3.8, 4) is 0 Å². The van der Waals surface area contributed by atoms with E-state index in [1.54, 1.807) is 43.3 Å². The second-order valence-electron chi connectivity index (χ2n) is 5.78. The van der Waals surface area contributed by atoms with E-state index in [0.29, 0.717) is 5.56 Å². The molecule has 0 spiro atoms. The third kappa shape index (κ3) is 5.64. The number of esters is 1. The van der Waals surface area contributed by atoms with Gasteiger partial charge >= 0.3 is 5.97 Å². The summed E-state index contributed by atoms with van der Waals surface area (Å²) in [6.07, 6.45) is 0. The number of amides is 2. The number of carbonyl (C=O) groups is 3. The van der Waals surface area contributed by atoms with Crippen LogP contribution >= 0.6 is 0 Å². The fourth-order valence-corrected chi connectivity index (χ4v) is 2.45. The molecule has 7 heteroatoms. The standard InChI is InChI=1S/C20H21FN2O4/c1-3-27-20(26)16-9-5-7-11-18(16)22-19(25)13-23(14(2)24)12-15-8-4-6-10-17(15)21/h4-11H,3,12-13H2,1-2H3,(H,22,25). The topological polar surface area (TPSA) is 75.7 Å². The Bertz CT molecular complexity index is 838. The Labute approximate surface area is 156 Å². The molecule has 0 saturated carbocycles. The number of hydrogen-bond donors (Lipinski definition) is 1. The Morgan fingerprint density at radius 1 is 1.07 bits per heavy atom. The SMILES string of the molecule is CCOC(=O)c1ccccc1NC(=O)CN(Cc1ccccc1F)C(C)=O. The lowest BCUT2D eigenvalue weighted by atomic mass is 10.1. The summed E-state index contributed by atoms with van der Waals surface area (Å²) in [6.45, 7) is 2.89. The van der Waals surface area contributed by atoms with Gasteiger partial charge in [-0.2, -0.15) is 0 Å². The summed E-state index contributed by atoms with van der Waals surface area (Å²) in [5.74, 6) is -1.87. The van der Waals surface area contributed by atoms with E-state index in [2.05, 4.69) is 5.32 Å². The number of rotatable bonds is 7. The highest BCUT2D eigenvalue weighted by atomic mass is 19.1. The van der Waals surface area contributed by atoms with Crippen molar-refractivity contribution in [1.82, 2.24) is 4.90 Å². The van der Waals surface area contributed by atoms with Crippen LogP contribution in [0.25, 0.3) is 0 Å². The van der Waals surface area contributed by atoms with E-state index in [4.69, 9.17) is 4.74 Å². The van der Waals surface area contributed by atoms with Gasteiger partial charge in [0.15, 0.2) is 0 Å². The molecule has 0 aromatic heterocycles. The molecular weight excluding hydrogens is 351 g/mol. The molecule has 0 atom stereocenters. The first kappa shape index (κ1) is 20.1. The number of ether oxygens (including phenoxy) is 1. The van der Waals surface area contributed by atoms with Gasteiger partial charge in [0, 0.05) is 19.0 Å². The summed E-state index contributed by atoms with van der Waals surface area (Å²) >= 11 is 0. The van der Waals surface area contributed by atoms with Crippen LogP contribution in [0.3, 0.4) is 0 Å². The van der Waals surface area contributed by atoms with Gasteiger partial charge in [-0.15, -0.1) is 0 Å². The van der Waals surface area contributed by atoms with Gasteiger partial charge in [0.1, 0.15) is 12.4 Å². The molecular formula is C20H21FN2O4. The Kier molecular flexibility index (Phi) is 7.05. The minimum atomic E-state index is -0.553. The van der Waals surface area contributed by atoms with Crippen LogP contribution in [0.2, 0.25) is 0 Å². The first-order valence-electron chi connectivity index (χ1n) is 8.47. The summed E-state index contributed by atoms with van der Waals surface area (Å²) in [5.41, 5.74) is 0.818. The zero-order valence-electron chi connectivity index (χ0n) is 15.2. The van der Waals surface area contributed by atoms with Crippen LogP contribution in [0.5, 0.6) is 0 Å². The molecule has 142 valence electrons. The van der Waals surface area contributed by atoms with Gasteiger partial charge in [0.05, 0.1) is 17.9 Å². The minimum Gasteiger partial charge on any atom is -0.462 e. The summed E-state index contributed by atoms with van der Waals surface area (Å²) < 4.78 is 18.8. The molecule has 0 unspecified atom stereocenters. The van der Waals surface area contributed by atoms with Crippen LogP contribution in [-0.4, -0.2) is 35.8 Å². The van der Waals surface area contributed by atoms with E-state index in [9.17, 15) is 18.8 Å². The van der Waals surface area contributed by atoms with Gasteiger partial charge in [-0.3, -0.25) is 9.59 Å². The molecule has 0 bridgehead atoms. The van der Waals surface area contributed by atoms with Crippen molar-refractivity contribution >= 4 is 23.5 Å². The molecule has 0 fully saturated rings. The summed E-state index contributed by atoms with van der Waals surface area (Å²) in [5, 5.41) is 2.61. The molecule has 0 aliphatic heterocycles. The lowest BCUT2D eigenvalue weighted by Crippen LogP contribution is -2.36. The maximum atomic E-state index is 13.8. The maximum Gasteiger partial charge on any atom is 0.340 e. The largest absolute Gasteiger partial charge is 0.462 e. The van der Waals surface area contributed by atoms with Gasteiger partial charge < -0.3 is 15.0 Å². The fraction of sp³-hybridized carbons (Fsp3) is 0.250. The minimum absolute atomic E-state index is 0.0328. The smallest absolute Gasteiger partial charge is 0.340 e. The van der Waals surface area contributed by atoms with Gasteiger partial charge in [0.2, 0.25) is 11.8 Å². The zero-order valence-corrected chi connectivity index (χ0v) is 15.2. The van der Waals surface area contributed by atoms with E-state index >= 15 is 0 Å². The fourth-order valence-electron chi connectivity index (χ4n) is 2.45. The predicted molar refractivity (Wildman–Crippen MR) is 98.5 cm³/mol. The van der Waals surface area contributed by atoms with Crippen LogP contribution in [0.15, 0.2) is 48.5 Å². The highest BCUT2D eigenvalue weighted by Crippen LogP contribution is 2.17. The molecule has 1 N–H and O–H groups in total. The molecule has 0 aliphatic rings. The maximum absolute atomic E-state index is 13.8. The summed E-state index contributed by atoms with van der Waals surface area (Å²) in [4.78, 5) is 37.4. The van der Waals surface area contributed by atoms with Crippen molar-refractivity contribution in [2.24, 2.45) is 0 Å². The first-order valence-corrected chi connectivity index (χ1v) is 8.47.